The standard InChI is InChI=1S/C11H9N3O/c12-8-2-1-3-9-10(8)14-11(13-9)7-4-5-15-6-7/h1-6H,12H2,(H,13,14). The van der Waals surface area contributed by atoms with Crippen LogP contribution in [-0.4, -0.2) is 9.97 Å². The van der Waals surface area contributed by atoms with Gasteiger partial charge in [0.05, 0.1) is 23.0 Å². The number of nitrogen functional groups attached to an aromatic ring is 1. The Morgan fingerprint density at radius 3 is 2.93 bits per heavy atom. The number of anilines is 1. The smallest absolute Gasteiger partial charge is 0.141 e. The molecule has 1 aromatic carbocycles. The maximum absolute atomic E-state index is 5.82. The number of para-hydroxylation sites is 1. The molecule has 0 spiro atoms. The summed E-state index contributed by atoms with van der Waals surface area (Å²) in [7, 11) is 0. The Bertz CT molecular complexity index is 595. The van der Waals surface area contributed by atoms with Gasteiger partial charge in [-0.05, 0) is 18.2 Å². The molecule has 0 unspecified atom stereocenters. The molecule has 0 fully saturated rings. The molecule has 74 valence electrons. The molecule has 0 saturated heterocycles. The summed E-state index contributed by atoms with van der Waals surface area (Å²) in [4.78, 5) is 7.60. The molecule has 3 aromatic rings. The van der Waals surface area contributed by atoms with Gasteiger partial charge >= 0.3 is 0 Å². The van der Waals surface area contributed by atoms with Crippen molar-refractivity contribution in [1.29, 1.82) is 0 Å². The van der Waals surface area contributed by atoms with E-state index in [4.69, 9.17) is 10.2 Å². The van der Waals surface area contributed by atoms with E-state index in [0.29, 0.717) is 5.69 Å². The number of nitrogens with one attached hydrogen (secondary N) is 1. The highest BCUT2D eigenvalue weighted by Gasteiger charge is 2.07. The molecule has 0 aliphatic carbocycles. The first kappa shape index (κ1) is 8.11. The third-order valence-electron chi connectivity index (χ3n) is 2.34. The van der Waals surface area contributed by atoms with Gasteiger partial charge in [-0.25, -0.2) is 4.98 Å². The minimum atomic E-state index is 0.679. The van der Waals surface area contributed by atoms with Crippen LogP contribution in [0.15, 0.2) is 41.2 Å². The number of fused-ring (bicyclic) bond motifs is 1. The number of rotatable bonds is 1. The second kappa shape index (κ2) is 2.88. The summed E-state index contributed by atoms with van der Waals surface area (Å²) in [6, 6.07) is 7.54. The maximum atomic E-state index is 5.82. The van der Waals surface area contributed by atoms with Crippen molar-refractivity contribution >= 4 is 16.7 Å². The molecular formula is C11H9N3O. The molecule has 0 aliphatic rings. The lowest BCUT2D eigenvalue weighted by Crippen LogP contribution is -1.84. The van der Waals surface area contributed by atoms with Gasteiger partial charge in [0.2, 0.25) is 0 Å². The lowest BCUT2D eigenvalue weighted by Gasteiger charge is -1.90. The topological polar surface area (TPSA) is 67.8 Å². The first-order valence-electron chi connectivity index (χ1n) is 4.61. The van der Waals surface area contributed by atoms with Gasteiger partial charge in [-0.2, -0.15) is 0 Å². The van der Waals surface area contributed by atoms with Crippen molar-refractivity contribution in [2.45, 2.75) is 0 Å². The maximum Gasteiger partial charge on any atom is 0.141 e. The van der Waals surface area contributed by atoms with Crippen molar-refractivity contribution in [3.8, 4) is 11.4 Å². The van der Waals surface area contributed by atoms with Crippen LogP contribution in [0, 0.1) is 0 Å². The average molecular weight is 199 g/mol. The van der Waals surface area contributed by atoms with Crippen molar-refractivity contribution in [2.75, 3.05) is 5.73 Å². The van der Waals surface area contributed by atoms with Crippen LogP contribution >= 0.6 is 0 Å². The van der Waals surface area contributed by atoms with E-state index in [1.165, 1.54) is 0 Å². The van der Waals surface area contributed by atoms with Gasteiger partial charge in [0.25, 0.3) is 0 Å². The number of furan rings is 1. The zero-order chi connectivity index (χ0) is 10.3. The Hall–Kier alpha value is -2.23. The Kier molecular flexibility index (Phi) is 1.56. The summed E-state index contributed by atoms with van der Waals surface area (Å²) < 4.78 is 5.00. The van der Waals surface area contributed by atoms with Crippen LogP contribution in [-0.2, 0) is 0 Å². The van der Waals surface area contributed by atoms with Crippen LogP contribution in [0.5, 0.6) is 0 Å². The van der Waals surface area contributed by atoms with E-state index in [2.05, 4.69) is 9.97 Å². The van der Waals surface area contributed by atoms with Gasteiger partial charge in [-0.15, -0.1) is 0 Å². The zero-order valence-corrected chi connectivity index (χ0v) is 7.90. The van der Waals surface area contributed by atoms with Gasteiger partial charge in [-0.3, -0.25) is 0 Å². The molecule has 0 amide bonds. The second-order valence-electron chi connectivity index (χ2n) is 3.34. The molecule has 2 heterocycles. The molecule has 3 N–H and O–H groups in total. The quantitative estimate of drug-likeness (QED) is 0.591. The van der Waals surface area contributed by atoms with Gasteiger partial charge in [-0.1, -0.05) is 6.07 Å². The molecule has 0 saturated carbocycles. The first-order chi connectivity index (χ1) is 7.34. The van der Waals surface area contributed by atoms with E-state index in [-0.39, 0.29) is 0 Å². The largest absolute Gasteiger partial charge is 0.472 e. The van der Waals surface area contributed by atoms with Gasteiger partial charge in [0, 0.05) is 0 Å². The molecule has 4 nitrogen and oxygen atoms in total. The number of aromatic nitrogens is 2. The molecule has 0 bridgehead atoms. The summed E-state index contributed by atoms with van der Waals surface area (Å²) in [5.41, 5.74) is 9.15. The summed E-state index contributed by atoms with van der Waals surface area (Å²) in [6.07, 6.45) is 3.26. The fourth-order valence-corrected chi connectivity index (χ4v) is 1.59. The number of H-pyrrole nitrogens is 1. The lowest BCUT2D eigenvalue weighted by molar-refractivity contribution is 0.568. The van der Waals surface area contributed by atoms with Gasteiger partial charge in [0.1, 0.15) is 17.6 Å². The monoisotopic (exact) mass is 199 g/mol. The molecule has 3 rings (SSSR count). The summed E-state index contributed by atoms with van der Waals surface area (Å²) in [5.74, 6) is 0.775. The van der Waals surface area contributed by atoms with Crippen LogP contribution in [0.2, 0.25) is 0 Å². The van der Waals surface area contributed by atoms with Crippen LogP contribution in [0.25, 0.3) is 22.4 Å². The van der Waals surface area contributed by atoms with Crippen LogP contribution in [0.3, 0.4) is 0 Å². The van der Waals surface area contributed by atoms with E-state index < -0.39 is 0 Å². The van der Waals surface area contributed by atoms with E-state index in [0.717, 1.165) is 22.4 Å². The third kappa shape index (κ3) is 1.19. The predicted molar refractivity (Wildman–Crippen MR) is 58.2 cm³/mol. The Labute approximate surface area is 85.7 Å². The number of nitrogens with zero attached hydrogens (tertiary/aromatic N) is 1. The second-order valence-corrected chi connectivity index (χ2v) is 3.34. The summed E-state index contributed by atoms with van der Waals surface area (Å²) in [5, 5.41) is 0. The predicted octanol–water partition coefficient (Wildman–Crippen LogP) is 2.41. The molecule has 0 aliphatic heterocycles. The number of nitrogens with two attached hydrogens (primary N) is 1. The highest BCUT2D eigenvalue weighted by Crippen LogP contribution is 2.23. The SMILES string of the molecule is Nc1cccc2[nH]c(-c3ccoc3)nc12. The number of imidazole rings is 1. The van der Waals surface area contributed by atoms with Gasteiger partial charge < -0.3 is 15.1 Å². The summed E-state index contributed by atoms with van der Waals surface area (Å²) >= 11 is 0. The molecule has 0 atom stereocenters. The third-order valence-corrected chi connectivity index (χ3v) is 2.34. The van der Waals surface area contributed by atoms with Crippen molar-refractivity contribution in [3.05, 3.63) is 36.8 Å². The minimum Gasteiger partial charge on any atom is -0.472 e. The van der Waals surface area contributed by atoms with Crippen molar-refractivity contribution in [2.24, 2.45) is 0 Å². The molecular weight excluding hydrogens is 190 g/mol. The van der Waals surface area contributed by atoms with Crippen molar-refractivity contribution in [1.82, 2.24) is 9.97 Å². The fraction of sp³-hybridized carbons (Fsp3) is 0. The lowest BCUT2D eigenvalue weighted by atomic mass is 10.3. The minimum absolute atomic E-state index is 0.679. The van der Waals surface area contributed by atoms with E-state index >= 15 is 0 Å². The Morgan fingerprint density at radius 1 is 1.27 bits per heavy atom. The number of aromatic amines is 1. The van der Waals surface area contributed by atoms with Crippen molar-refractivity contribution in [3.63, 3.8) is 0 Å². The molecule has 15 heavy (non-hydrogen) atoms. The highest BCUT2D eigenvalue weighted by atomic mass is 16.3. The highest BCUT2D eigenvalue weighted by molar-refractivity contribution is 5.89. The van der Waals surface area contributed by atoms with E-state index in [1.54, 1.807) is 12.5 Å². The average Bonchev–Trinajstić information content (AvgIpc) is 2.86. The van der Waals surface area contributed by atoms with Crippen LogP contribution in [0.4, 0.5) is 5.69 Å². The number of hydrogen-bond donors (Lipinski definition) is 2. The van der Waals surface area contributed by atoms with Crippen LogP contribution in [0.1, 0.15) is 0 Å². The van der Waals surface area contributed by atoms with E-state index in [9.17, 15) is 0 Å². The number of hydrogen-bond acceptors (Lipinski definition) is 3. The van der Waals surface area contributed by atoms with Crippen LogP contribution < -0.4 is 5.73 Å². The van der Waals surface area contributed by atoms with E-state index in [1.807, 2.05) is 24.3 Å². The summed E-state index contributed by atoms with van der Waals surface area (Å²) in [6.45, 7) is 0. The van der Waals surface area contributed by atoms with Gasteiger partial charge in [0.15, 0.2) is 0 Å². The number of benzene rings is 1. The Morgan fingerprint density at radius 2 is 2.20 bits per heavy atom. The molecule has 0 radical (unpaired) electrons. The molecule has 4 heteroatoms. The zero-order valence-electron chi connectivity index (χ0n) is 7.90. The normalized spacial score (nSPS) is 10.9. The van der Waals surface area contributed by atoms with Crippen molar-refractivity contribution < 1.29 is 4.42 Å². The Balaban J connectivity index is 2.27. The molecule has 2 aromatic heterocycles. The first-order valence-corrected chi connectivity index (χ1v) is 4.61. The fourth-order valence-electron chi connectivity index (χ4n) is 1.59.